The van der Waals surface area contributed by atoms with Crippen molar-refractivity contribution in [2.24, 2.45) is 0 Å². The summed E-state index contributed by atoms with van der Waals surface area (Å²) in [5, 5.41) is 3.36. The summed E-state index contributed by atoms with van der Waals surface area (Å²) in [4.78, 5) is 0. The first-order chi connectivity index (χ1) is 9.19. The SMILES string of the molecule is CCC(NCc1cccc(F)c1)c1ccc(F)cc1.Cl. The van der Waals surface area contributed by atoms with E-state index in [1.165, 1.54) is 24.3 Å². The third kappa shape index (κ3) is 4.58. The lowest BCUT2D eigenvalue weighted by Crippen LogP contribution is -2.20. The molecule has 0 spiro atoms. The zero-order valence-electron chi connectivity index (χ0n) is 11.3. The van der Waals surface area contributed by atoms with Crippen molar-refractivity contribution < 1.29 is 8.78 Å². The predicted octanol–water partition coefficient (Wildman–Crippen LogP) is 4.63. The Balaban J connectivity index is 0.00000200. The minimum atomic E-state index is -0.233. The van der Waals surface area contributed by atoms with Gasteiger partial charge in [-0.05, 0) is 41.8 Å². The van der Waals surface area contributed by atoms with Crippen LogP contribution < -0.4 is 5.32 Å². The van der Waals surface area contributed by atoms with Crippen LogP contribution in [0.5, 0.6) is 0 Å². The third-order valence-electron chi connectivity index (χ3n) is 3.12. The van der Waals surface area contributed by atoms with E-state index in [0.717, 1.165) is 17.5 Å². The Morgan fingerprint density at radius 1 is 1.00 bits per heavy atom. The molecular formula is C16H18ClF2N. The zero-order chi connectivity index (χ0) is 13.7. The van der Waals surface area contributed by atoms with Gasteiger partial charge in [0.25, 0.3) is 0 Å². The van der Waals surface area contributed by atoms with E-state index in [9.17, 15) is 8.78 Å². The molecule has 0 saturated heterocycles. The molecule has 0 fully saturated rings. The van der Waals surface area contributed by atoms with E-state index >= 15 is 0 Å². The van der Waals surface area contributed by atoms with Crippen LogP contribution in [0.4, 0.5) is 8.78 Å². The minimum Gasteiger partial charge on any atom is -0.306 e. The van der Waals surface area contributed by atoms with E-state index < -0.39 is 0 Å². The monoisotopic (exact) mass is 297 g/mol. The molecule has 0 radical (unpaired) electrons. The molecule has 2 aromatic rings. The first kappa shape index (κ1) is 16.6. The smallest absolute Gasteiger partial charge is 0.123 e. The summed E-state index contributed by atoms with van der Waals surface area (Å²) in [5.41, 5.74) is 1.95. The summed E-state index contributed by atoms with van der Waals surface area (Å²) in [6.45, 7) is 2.65. The quantitative estimate of drug-likeness (QED) is 0.848. The maximum Gasteiger partial charge on any atom is 0.123 e. The van der Waals surface area contributed by atoms with Crippen molar-refractivity contribution in [1.29, 1.82) is 0 Å². The lowest BCUT2D eigenvalue weighted by molar-refractivity contribution is 0.515. The molecule has 0 aliphatic rings. The Hall–Kier alpha value is -1.45. The van der Waals surface area contributed by atoms with Gasteiger partial charge in [0.05, 0.1) is 0 Å². The highest BCUT2D eigenvalue weighted by atomic mass is 35.5. The average Bonchev–Trinajstić information content (AvgIpc) is 2.41. The summed E-state index contributed by atoms with van der Waals surface area (Å²) in [6.07, 6.45) is 0.890. The second-order valence-electron chi connectivity index (χ2n) is 4.52. The highest BCUT2D eigenvalue weighted by molar-refractivity contribution is 5.85. The number of benzene rings is 2. The first-order valence-corrected chi connectivity index (χ1v) is 6.42. The van der Waals surface area contributed by atoms with Crippen LogP contribution in [0.1, 0.15) is 30.5 Å². The van der Waals surface area contributed by atoms with Crippen LogP contribution in [0.3, 0.4) is 0 Å². The molecule has 4 heteroatoms. The molecule has 2 rings (SSSR count). The van der Waals surface area contributed by atoms with Gasteiger partial charge in [-0.3, -0.25) is 0 Å². The standard InChI is InChI=1S/C16H17F2N.ClH/c1-2-16(13-6-8-14(17)9-7-13)19-11-12-4-3-5-15(18)10-12;/h3-10,16,19H,2,11H2,1H3;1H. The molecule has 0 amide bonds. The summed E-state index contributed by atoms with van der Waals surface area (Å²) in [7, 11) is 0. The topological polar surface area (TPSA) is 12.0 Å². The highest BCUT2D eigenvalue weighted by Crippen LogP contribution is 2.17. The number of nitrogens with one attached hydrogen (secondary N) is 1. The van der Waals surface area contributed by atoms with Gasteiger partial charge in [0.1, 0.15) is 11.6 Å². The van der Waals surface area contributed by atoms with Crippen molar-refractivity contribution in [3.05, 3.63) is 71.3 Å². The molecule has 0 aromatic heterocycles. The average molecular weight is 298 g/mol. The Labute approximate surface area is 124 Å². The molecule has 20 heavy (non-hydrogen) atoms. The number of halogens is 3. The van der Waals surface area contributed by atoms with Crippen LogP contribution in [-0.4, -0.2) is 0 Å². The van der Waals surface area contributed by atoms with E-state index in [2.05, 4.69) is 12.2 Å². The molecular weight excluding hydrogens is 280 g/mol. The molecule has 1 N–H and O–H groups in total. The van der Waals surface area contributed by atoms with Crippen molar-refractivity contribution in [3.8, 4) is 0 Å². The maximum absolute atomic E-state index is 13.1. The second kappa shape index (κ2) is 7.98. The molecule has 2 aromatic carbocycles. The van der Waals surface area contributed by atoms with Crippen LogP contribution in [0.15, 0.2) is 48.5 Å². The van der Waals surface area contributed by atoms with Crippen molar-refractivity contribution in [2.45, 2.75) is 25.9 Å². The van der Waals surface area contributed by atoms with Crippen LogP contribution in [0.2, 0.25) is 0 Å². The Kier molecular flexibility index (Phi) is 6.62. The number of rotatable bonds is 5. The molecule has 0 heterocycles. The number of hydrogen-bond acceptors (Lipinski definition) is 1. The Morgan fingerprint density at radius 3 is 2.30 bits per heavy atom. The summed E-state index contributed by atoms with van der Waals surface area (Å²) < 4.78 is 26.0. The molecule has 1 atom stereocenters. The van der Waals surface area contributed by atoms with E-state index in [1.807, 2.05) is 6.07 Å². The van der Waals surface area contributed by atoms with Gasteiger partial charge in [0.2, 0.25) is 0 Å². The van der Waals surface area contributed by atoms with Crippen molar-refractivity contribution in [2.75, 3.05) is 0 Å². The molecule has 1 unspecified atom stereocenters. The highest BCUT2D eigenvalue weighted by Gasteiger charge is 2.08. The maximum atomic E-state index is 13.1. The molecule has 0 saturated carbocycles. The lowest BCUT2D eigenvalue weighted by atomic mass is 10.0. The summed E-state index contributed by atoms with van der Waals surface area (Å²) in [5.74, 6) is -0.460. The first-order valence-electron chi connectivity index (χ1n) is 6.42. The van der Waals surface area contributed by atoms with Crippen LogP contribution >= 0.6 is 12.4 Å². The molecule has 0 aliphatic carbocycles. The fourth-order valence-corrected chi connectivity index (χ4v) is 2.08. The summed E-state index contributed by atoms with van der Waals surface area (Å²) in [6, 6.07) is 13.2. The van der Waals surface area contributed by atoms with Crippen molar-refractivity contribution >= 4 is 12.4 Å². The molecule has 0 bridgehead atoms. The van der Waals surface area contributed by atoms with Gasteiger partial charge in [-0.25, -0.2) is 8.78 Å². The Morgan fingerprint density at radius 2 is 1.70 bits per heavy atom. The van der Waals surface area contributed by atoms with E-state index in [4.69, 9.17) is 0 Å². The number of hydrogen-bond donors (Lipinski definition) is 1. The van der Waals surface area contributed by atoms with Gasteiger partial charge < -0.3 is 5.32 Å². The van der Waals surface area contributed by atoms with Gasteiger partial charge in [0.15, 0.2) is 0 Å². The molecule has 1 nitrogen and oxygen atoms in total. The van der Waals surface area contributed by atoms with Crippen LogP contribution in [-0.2, 0) is 6.54 Å². The molecule has 0 aliphatic heterocycles. The van der Waals surface area contributed by atoms with E-state index in [1.54, 1.807) is 18.2 Å². The second-order valence-corrected chi connectivity index (χ2v) is 4.52. The fraction of sp³-hybridized carbons (Fsp3) is 0.250. The molecule has 108 valence electrons. The van der Waals surface area contributed by atoms with Gasteiger partial charge in [-0.2, -0.15) is 0 Å². The fourth-order valence-electron chi connectivity index (χ4n) is 2.08. The van der Waals surface area contributed by atoms with Gasteiger partial charge in [-0.15, -0.1) is 12.4 Å². The van der Waals surface area contributed by atoms with Crippen molar-refractivity contribution in [3.63, 3.8) is 0 Å². The largest absolute Gasteiger partial charge is 0.306 e. The van der Waals surface area contributed by atoms with E-state index in [-0.39, 0.29) is 30.1 Å². The Bertz CT molecular complexity index is 528. The normalized spacial score (nSPS) is 11.8. The van der Waals surface area contributed by atoms with Gasteiger partial charge >= 0.3 is 0 Å². The van der Waals surface area contributed by atoms with E-state index in [0.29, 0.717) is 6.54 Å². The van der Waals surface area contributed by atoms with Crippen LogP contribution in [0, 0.1) is 11.6 Å². The van der Waals surface area contributed by atoms with Crippen LogP contribution in [0.25, 0.3) is 0 Å². The zero-order valence-corrected chi connectivity index (χ0v) is 12.1. The van der Waals surface area contributed by atoms with Gasteiger partial charge in [-0.1, -0.05) is 31.2 Å². The third-order valence-corrected chi connectivity index (χ3v) is 3.12. The summed E-state index contributed by atoms with van der Waals surface area (Å²) >= 11 is 0. The van der Waals surface area contributed by atoms with Crippen molar-refractivity contribution in [1.82, 2.24) is 5.32 Å². The minimum absolute atomic E-state index is 0. The van der Waals surface area contributed by atoms with Gasteiger partial charge in [0, 0.05) is 12.6 Å². The lowest BCUT2D eigenvalue weighted by Gasteiger charge is -2.17. The predicted molar refractivity (Wildman–Crippen MR) is 79.9 cm³/mol.